The van der Waals surface area contributed by atoms with Gasteiger partial charge in [-0.05, 0) is 17.7 Å². The summed E-state index contributed by atoms with van der Waals surface area (Å²) in [6.07, 6.45) is 2.98. The molecule has 1 N–H and O–H groups in total. The van der Waals surface area contributed by atoms with E-state index in [4.69, 9.17) is 0 Å². The number of benzene rings is 1. The van der Waals surface area contributed by atoms with Crippen LogP contribution in [0.1, 0.15) is 24.6 Å². The number of carbonyl (C=O) groups is 1. The van der Waals surface area contributed by atoms with Crippen molar-refractivity contribution < 1.29 is 4.79 Å². The molecule has 0 saturated carbocycles. The molecule has 92 valence electrons. The summed E-state index contributed by atoms with van der Waals surface area (Å²) in [6.45, 7) is 1.83. The van der Waals surface area contributed by atoms with E-state index in [0.29, 0.717) is 6.42 Å². The first-order valence-corrected chi connectivity index (χ1v) is 6.06. The summed E-state index contributed by atoms with van der Waals surface area (Å²) in [5.74, 6) is 0.0202. The van der Waals surface area contributed by atoms with Gasteiger partial charge in [0.1, 0.15) is 0 Å². The summed E-state index contributed by atoms with van der Waals surface area (Å²) in [5.41, 5.74) is 2.97. The Bertz CT molecular complexity index is 523. The van der Waals surface area contributed by atoms with E-state index >= 15 is 0 Å². The average molecular weight is 240 g/mol. The Morgan fingerprint density at radius 3 is 2.72 bits per heavy atom. The third-order valence-electron chi connectivity index (χ3n) is 2.65. The number of anilines is 1. The van der Waals surface area contributed by atoms with Crippen LogP contribution in [0.25, 0.3) is 0 Å². The fraction of sp³-hybridized carbons (Fsp3) is 0.200. The maximum Gasteiger partial charge on any atom is 0.224 e. The summed E-state index contributed by atoms with van der Waals surface area (Å²) in [4.78, 5) is 15.6. The largest absolute Gasteiger partial charge is 0.326 e. The zero-order chi connectivity index (χ0) is 12.8. The minimum absolute atomic E-state index is 0.0202. The van der Waals surface area contributed by atoms with E-state index in [1.54, 1.807) is 6.20 Å². The van der Waals surface area contributed by atoms with Gasteiger partial charge >= 0.3 is 0 Å². The number of amides is 1. The Balaban J connectivity index is 2.10. The van der Waals surface area contributed by atoms with Gasteiger partial charge < -0.3 is 5.32 Å². The molecule has 3 heteroatoms. The van der Waals surface area contributed by atoms with Crippen molar-refractivity contribution in [2.45, 2.75) is 19.8 Å². The molecule has 3 nitrogen and oxygen atoms in total. The third kappa shape index (κ3) is 3.42. The van der Waals surface area contributed by atoms with Crippen LogP contribution in [0.2, 0.25) is 0 Å². The standard InChI is InChI=1S/C15H16N2O/c1-2-15(18)17-13-8-9-16-14(11-13)10-12-6-4-3-5-7-12/h3-9,11H,2,10H2,1H3,(H,16,17,18). The highest BCUT2D eigenvalue weighted by Gasteiger charge is 2.02. The summed E-state index contributed by atoms with van der Waals surface area (Å²) >= 11 is 0. The number of nitrogens with one attached hydrogen (secondary N) is 1. The predicted octanol–water partition coefficient (Wildman–Crippen LogP) is 3.02. The van der Waals surface area contributed by atoms with Crippen molar-refractivity contribution in [1.29, 1.82) is 0 Å². The Labute approximate surface area is 107 Å². The quantitative estimate of drug-likeness (QED) is 0.892. The first-order chi connectivity index (χ1) is 8.78. The van der Waals surface area contributed by atoms with Gasteiger partial charge in [0.2, 0.25) is 5.91 Å². The Kier molecular flexibility index (Phi) is 4.07. The van der Waals surface area contributed by atoms with E-state index in [9.17, 15) is 4.79 Å². The first-order valence-electron chi connectivity index (χ1n) is 6.06. The lowest BCUT2D eigenvalue weighted by Crippen LogP contribution is -2.09. The SMILES string of the molecule is CCC(=O)Nc1ccnc(Cc2ccccc2)c1. The van der Waals surface area contributed by atoms with Gasteiger partial charge in [-0.1, -0.05) is 37.3 Å². The number of hydrogen-bond acceptors (Lipinski definition) is 2. The van der Waals surface area contributed by atoms with Crippen molar-refractivity contribution in [3.05, 3.63) is 59.9 Å². The zero-order valence-electron chi connectivity index (χ0n) is 10.4. The van der Waals surface area contributed by atoms with Crippen molar-refractivity contribution in [3.8, 4) is 0 Å². The molecule has 2 rings (SSSR count). The molecule has 0 unspecified atom stereocenters. The van der Waals surface area contributed by atoms with Crippen LogP contribution in [-0.4, -0.2) is 10.9 Å². The molecule has 1 aromatic carbocycles. The van der Waals surface area contributed by atoms with Crippen molar-refractivity contribution in [2.24, 2.45) is 0 Å². The van der Waals surface area contributed by atoms with Crippen molar-refractivity contribution in [2.75, 3.05) is 5.32 Å². The van der Waals surface area contributed by atoms with E-state index in [-0.39, 0.29) is 5.91 Å². The van der Waals surface area contributed by atoms with Gasteiger partial charge in [-0.15, -0.1) is 0 Å². The van der Waals surface area contributed by atoms with Gasteiger partial charge in [0.05, 0.1) is 0 Å². The zero-order valence-corrected chi connectivity index (χ0v) is 10.4. The maximum absolute atomic E-state index is 11.3. The number of rotatable bonds is 4. The molecule has 0 aliphatic carbocycles. The molecular weight excluding hydrogens is 224 g/mol. The average Bonchev–Trinajstić information content (AvgIpc) is 2.40. The van der Waals surface area contributed by atoms with Gasteiger partial charge in [-0.25, -0.2) is 0 Å². The number of carbonyl (C=O) groups excluding carboxylic acids is 1. The van der Waals surface area contributed by atoms with Crippen LogP contribution in [0.5, 0.6) is 0 Å². The number of nitrogens with zero attached hydrogens (tertiary/aromatic N) is 1. The molecule has 2 aromatic rings. The van der Waals surface area contributed by atoms with Crippen LogP contribution in [0.4, 0.5) is 5.69 Å². The highest BCUT2D eigenvalue weighted by Crippen LogP contribution is 2.12. The fourth-order valence-corrected chi connectivity index (χ4v) is 1.71. The minimum Gasteiger partial charge on any atom is -0.326 e. The van der Waals surface area contributed by atoms with Crippen LogP contribution >= 0.6 is 0 Å². The van der Waals surface area contributed by atoms with Crippen LogP contribution in [0.15, 0.2) is 48.7 Å². The molecule has 0 aliphatic heterocycles. The van der Waals surface area contributed by atoms with Crippen LogP contribution in [0, 0.1) is 0 Å². The van der Waals surface area contributed by atoms with E-state index in [1.807, 2.05) is 37.3 Å². The highest BCUT2D eigenvalue weighted by molar-refractivity contribution is 5.90. The normalized spacial score (nSPS) is 10.1. The first kappa shape index (κ1) is 12.3. The fourth-order valence-electron chi connectivity index (χ4n) is 1.71. The lowest BCUT2D eigenvalue weighted by Gasteiger charge is -2.06. The lowest BCUT2D eigenvalue weighted by atomic mass is 10.1. The second kappa shape index (κ2) is 5.96. The summed E-state index contributed by atoms with van der Waals surface area (Å²) < 4.78 is 0. The van der Waals surface area contributed by atoms with Gasteiger partial charge in [0, 0.05) is 30.4 Å². The molecule has 0 bridgehead atoms. The Morgan fingerprint density at radius 2 is 2.00 bits per heavy atom. The molecular formula is C15H16N2O. The van der Waals surface area contributed by atoms with Crippen LogP contribution in [-0.2, 0) is 11.2 Å². The molecule has 0 saturated heterocycles. The van der Waals surface area contributed by atoms with Crippen LogP contribution in [0.3, 0.4) is 0 Å². The molecule has 0 fully saturated rings. The molecule has 0 atom stereocenters. The molecule has 0 aliphatic rings. The Hall–Kier alpha value is -2.16. The molecule has 0 spiro atoms. The number of hydrogen-bond donors (Lipinski definition) is 1. The smallest absolute Gasteiger partial charge is 0.224 e. The summed E-state index contributed by atoms with van der Waals surface area (Å²) in [6, 6.07) is 13.9. The van der Waals surface area contributed by atoms with E-state index < -0.39 is 0 Å². The molecule has 1 amide bonds. The topological polar surface area (TPSA) is 42.0 Å². The Morgan fingerprint density at radius 1 is 1.22 bits per heavy atom. The molecule has 1 heterocycles. The van der Waals surface area contributed by atoms with Crippen molar-refractivity contribution in [1.82, 2.24) is 4.98 Å². The van der Waals surface area contributed by atoms with E-state index in [0.717, 1.165) is 17.8 Å². The van der Waals surface area contributed by atoms with Gasteiger partial charge in [0.25, 0.3) is 0 Å². The second-order valence-corrected chi connectivity index (χ2v) is 4.10. The third-order valence-corrected chi connectivity index (χ3v) is 2.65. The lowest BCUT2D eigenvalue weighted by molar-refractivity contribution is -0.115. The number of pyridine rings is 1. The second-order valence-electron chi connectivity index (χ2n) is 4.10. The predicted molar refractivity (Wildman–Crippen MR) is 72.4 cm³/mol. The summed E-state index contributed by atoms with van der Waals surface area (Å²) in [7, 11) is 0. The van der Waals surface area contributed by atoms with E-state index in [2.05, 4.69) is 22.4 Å². The van der Waals surface area contributed by atoms with Gasteiger partial charge in [-0.2, -0.15) is 0 Å². The molecule has 1 aromatic heterocycles. The monoisotopic (exact) mass is 240 g/mol. The van der Waals surface area contributed by atoms with E-state index in [1.165, 1.54) is 5.56 Å². The molecule has 0 radical (unpaired) electrons. The minimum atomic E-state index is 0.0202. The van der Waals surface area contributed by atoms with Gasteiger partial charge in [-0.3, -0.25) is 9.78 Å². The van der Waals surface area contributed by atoms with Gasteiger partial charge in [0.15, 0.2) is 0 Å². The molecule has 18 heavy (non-hydrogen) atoms. The highest BCUT2D eigenvalue weighted by atomic mass is 16.1. The van der Waals surface area contributed by atoms with Crippen molar-refractivity contribution in [3.63, 3.8) is 0 Å². The number of aromatic nitrogens is 1. The summed E-state index contributed by atoms with van der Waals surface area (Å²) in [5, 5.41) is 2.84. The van der Waals surface area contributed by atoms with Crippen LogP contribution < -0.4 is 5.32 Å². The van der Waals surface area contributed by atoms with Crippen molar-refractivity contribution >= 4 is 11.6 Å². The maximum atomic E-state index is 11.3.